The zero-order valence-corrected chi connectivity index (χ0v) is 12.4. The summed E-state index contributed by atoms with van der Waals surface area (Å²) in [4.78, 5) is 23.2. The number of carbonyl (C=O) groups excluding carboxylic acids is 2. The molecule has 5 nitrogen and oxygen atoms in total. The molecule has 21 heavy (non-hydrogen) atoms. The van der Waals surface area contributed by atoms with Crippen LogP contribution in [0.3, 0.4) is 0 Å². The first-order valence-corrected chi connectivity index (χ1v) is 6.89. The summed E-state index contributed by atoms with van der Waals surface area (Å²) in [5.74, 6) is 5.26. The molecule has 112 valence electrons. The first-order chi connectivity index (χ1) is 10.2. The van der Waals surface area contributed by atoms with Gasteiger partial charge in [0.05, 0.1) is 12.2 Å². The Morgan fingerprint density at radius 2 is 1.95 bits per heavy atom. The Balaban J connectivity index is 2.44. The lowest BCUT2D eigenvalue weighted by Gasteiger charge is -2.07. The SMILES string of the molecule is CC#CCCNC(=O)Nc1ccc(C(=O)OCCC)cc1. The molecule has 5 heteroatoms. The highest BCUT2D eigenvalue weighted by Gasteiger charge is 2.07. The highest BCUT2D eigenvalue weighted by Crippen LogP contribution is 2.10. The van der Waals surface area contributed by atoms with Gasteiger partial charge in [-0.1, -0.05) is 6.92 Å². The molecule has 2 N–H and O–H groups in total. The zero-order valence-electron chi connectivity index (χ0n) is 12.4. The lowest BCUT2D eigenvalue weighted by Crippen LogP contribution is -2.29. The highest BCUT2D eigenvalue weighted by molar-refractivity contribution is 5.92. The van der Waals surface area contributed by atoms with Crippen LogP contribution in [0.4, 0.5) is 10.5 Å². The first kappa shape index (κ1) is 16.6. The van der Waals surface area contributed by atoms with Gasteiger partial charge in [0.15, 0.2) is 0 Å². The summed E-state index contributed by atoms with van der Waals surface area (Å²) < 4.78 is 5.02. The second-order valence-electron chi connectivity index (χ2n) is 4.27. The number of esters is 1. The summed E-state index contributed by atoms with van der Waals surface area (Å²) in [5.41, 5.74) is 1.08. The lowest BCUT2D eigenvalue weighted by atomic mass is 10.2. The molecule has 1 rings (SSSR count). The van der Waals surface area contributed by atoms with Gasteiger partial charge in [-0.05, 0) is 37.6 Å². The van der Waals surface area contributed by atoms with Crippen LogP contribution in [0.15, 0.2) is 24.3 Å². The summed E-state index contributed by atoms with van der Waals surface area (Å²) in [6.07, 6.45) is 1.40. The highest BCUT2D eigenvalue weighted by atomic mass is 16.5. The standard InChI is InChI=1S/C16H20N2O3/c1-3-5-6-11-17-16(20)18-14-9-7-13(8-10-14)15(19)21-12-4-2/h7-10H,4,6,11-12H2,1-2H3,(H2,17,18,20). The third-order valence-corrected chi connectivity index (χ3v) is 2.53. The number of ether oxygens (including phenoxy) is 1. The van der Waals surface area contributed by atoms with E-state index in [1.165, 1.54) is 0 Å². The molecule has 1 aromatic rings. The molecular formula is C16H20N2O3. The Hall–Kier alpha value is -2.48. The maximum Gasteiger partial charge on any atom is 0.338 e. The van der Waals surface area contributed by atoms with Crippen LogP contribution in [-0.2, 0) is 4.74 Å². The van der Waals surface area contributed by atoms with E-state index in [9.17, 15) is 9.59 Å². The Morgan fingerprint density at radius 3 is 2.57 bits per heavy atom. The minimum Gasteiger partial charge on any atom is -0.462 e. The number of rotatable bonds is 6. The van der Waals surface area contributed by atoms with Crippen molar-refractivity contribution >= 4 is 17.7 Å². The monoisotopic (exact) mass is 288 g/mol. The van der Waals surface area contributed by atoms with E-state index in [1.807, 2.05) is 6.92 Å². The molecule has 0 aromatic heterocycles. The van der Waals surface area contributed by atoms with Crippen LogP contribution in [0.2, 0.25) is 0 Å². The Bertz CT molecular complexity index is 527. The molecule has 0 bridgehead atoms. The van der Waals surface area contributed by atoms with Crippen molar-refractivity contribution in [2.75, 3.05) is 18.5 Å². The van der Waals surface area contributed by atoms with Crippen LogP contribution in [0.25, 0.3) is 0 Å². The maximum absolute atomic E-state index is 11.6. The van der Waals surface area contributed by atoms with E-state index in [1.54, 1.807) is 31.2 Å². The summed E-state index contributed by atoms with van der Waals surface area (Å²) in [7, 11) is 0. The molecule has 2 amide bonds. The van der Waals surface area contributed by atoms with Gasteiger partial charge in [0.2, 0.25) is 0 Å². The largest absolute Gasteiger partial charge is 0.462 e. The normalized spacial score (nSPS) is 9.24. The zero-order chi connectivity index (χ0) is 15.5. The minimum atomic E-state index is -0.356. The fourth-order valence-electron chi connectivity index (χ4n) is 1.51. The first-order valence-electron chi connectivity index (χ1n) is 6.89. The molecular weight excluding hydrogens is 268 g/mol. The number of benzene rings is 1. The fourth-order valence-corrected chi connectivity index (χ4v) is 1.51. The molecule has 1 aromatic carbocycles. The quantitative estimate of drug-likeness (QED) is 0.480. The van der Waals surface area contributed by atoms with Gasteiger partial charge in [-0.15, -0.1) is 11.8 Å². The number of hydrogen-bond acceptors (Lipinski definition) is 3. The van der Waals surface area contributed by atoms with Crippen LogP contribution < -0.4 is 10.6 Å². The van der Waals surface area contributed by atoms with E-state index < -0.39 is 0 Å². The van der Waals surface area contributed by atoms with E-state index in [2.05, 4.69) is 22.5 Å². The number of anilines is 1. The van der Waals surface area contributed by atoms with Crippen molar-refractivity contribution in [3.63, 3.8) is 0 Å². The van der Waals surface area contributed by atoms with E-state index in [-0.39, 0.29) is 12.0 Å². The van der Waals surface area contributed by atoms with Gasteiger partial charge in [-0.25, -0.2) is 9.59 Å². The van der Waals surface area contributed by atoms with Crippen molar-refractivity contribution in [2.24, 2.45) is 0 Å². The van der Waals surface area contributed by atoms with Crippen molar-refractivity contribution < 1.29 is 14.3 Å². The fraction of sp³-hybridized carbons (Fsp3) is 0.375. The smallest absolute Gasteiger partial charge is 0.338 e. The number of carbonyl (C=O) groups is 2. The van der Waals surface area contributed by atoms with Crippen molar-refractivity contribution in [2.45, 2.75) is 26.7 Å². The molecule has 0 saturated carbocycles. The molecule has 0 aliphatic rings. The second-order valence-corrected chi connectivity index (χ2v) is 4.27. The summed E-state index contributed by atoms with van der Waals surface area (Å²) >= 11 is 0. The molecule has 0 radical (unpaired) electrons. The van der Waals surface area contributed by atoms with E-state index in [0.29, 0.717) is 30.8 Å². The Labute approximate surface area is 125 Å². The van der Waals surface area contributed by atoms with Crippen LogP contribution in [0.5, 0.6) is 0 Å². The van der Waals surface area contributed by atoms with Gasteiger partial charge in [-0.3, -0.25) is 0 Å². The lowest BCUT2D eigenvalue weighted by molar-refractivity contribution is 0.0505. The van der Waals surface area contributed by atoms with Crippen molar-refractivity contribution in [1.29, 1.82) is 0 Å². The number of nitrogens with one attached hydrogen (secondary N) is 2. The summed E-state index contributed by atoms with van der Waals surface area (Å²) in [6.45, 7) is 4.59. The van der Waals surface area contributed by atoms with Crippen molar-refractivity contribution in [1.82, 2.24) is 5.32 Å². The van der Waals surface area contributed by atoms with Gasteiger partial charge >= 0.3 is 12.0 Å². The predicted octanol–water partition coefficient (Wildman–Crippen LogP) is 2.79. The van der Waals surface area contributed by atoms with Gasteiger partial charge in [0.25, 0.3) is 0 Å². The van der Waals surface area contributed by atoms with Crippen LogP contribution >= 0.6 is 0 Å². The maximum atomic E-state index is 11.6. The molecule has 0 atom stereocenters. The van der Waals surface area contributed by atoms with Crippen molar-refractivity contribution in [3.8, 4) is 11.8 Å². The van der Waals surface area contributed by atoms with E-state index in [0.717, 1.165) is 6.42 Å². The number of hydrogen-bond donors (Lipinski definition) is 2. The van der Waals surface area contributed by atoms with Crippen LogP contribution in [0, 0.1) is 11.8 Å². The van der Waals surface area contributed by atoms with Crippen LogP contribution in [0.1, 0.15) is 37.0 Å². The molecule has 0 spiro atoms. The third-order valence-electron chi connectivity index (χ3n) is 2.53. The average molecular weight is 288 g/mol. The van der Waals surface area contributed by atoms with Crippen molar-refractivity contribution in [3.05, 3.63) is 29.8 Å². The number of urea groups is 1. The van der Waals surface area contributed by atoms with Gasteiger partial charge in [0, 0.05) is 18.7 Å². The van der Waals surface area contributed by atoms with E-state index in [4.69, 9.17) is 4.74 Å². The minimum absolute atomic E-state index is 0.297. The average Bonchev–Trinajstić information content (AvgIpc) is 2.50. The Morgan fingerprint density at radius 1 is 1.24 bits per heavy atom. The second kappa shape index (κ2) is 9.43. The van der Waals surface area contributed by atoms with Gasteiger partial charge in [0.1, 0.15) is 0 Å². The summed E-state index contributed by atoms with van der Waals surface area (Å²) in [5, 5.41) is 5.36. The van der Waals surface area contributed by atoms with E-state index >= 15 is 0 Å². The molecule has 0 fully saturated rings. The predicted molar refractivity (Wildman–Crippen MR) is 82.1 cm³/mol. The molecule has 0 heterocycles. The third kappa shape index (κ3) is 6.48. The van der Waals surface area contributed by atoms with Gasteiger partial charge in [-0.2, -0.15) is 0 Å². The number of amides is 2. The molecule has 0 aliphatic heterocycles. The molecule has 0 aliphatic carbocycles. The molecule has 0 saturated heterocycles. The summed E-state index contributed by atoms with van der Waals surface area (Å²) in [6, 6.07) is 6.27. The Kier molecular flexibility index (Phi) is 7.44. The molecule has 0 unspecified atom stereocenters. The van der Waals surface area contributed by atoms with Gasteiger partial charge < -0.3 is 15.4 Å². The topological polar surface area (TPSA) is 67.4 Å². The van der Waals surface area contributed by atoms with Crippen LogP contribution in [-0.4, -0.2) is 25.2 Å².